The van der Waals surface area contributed by atoms with Gasteiger partial charge in [0.15, 0.2) is 0 Å². The van der Waals surface area contributed by atoms with E-state index in [1.54, 1.807) is 6.07 Å². The van der Waals surface area contributed by atoms with Crippen LogP contribution in [0, 0.1) is 0 Å². The molecule has 8 nitrogen and oxygen atoms in total. The van der Waals surface area contributed by atoms with E-state index in [1.807, 2.05) is 0 Å². The number of carbonyl (C=O) groups is 3. The SMILES string of the molecule is O=C(NC(=O)c1ccc2nccnc2c1)Nc1ccc(Cl)c(C(=O)O)c1.[H-].[Na+]. The quantitative estimate of drug-likeness (QED) is 0.540. The molecular formula is C17H12ClN4NaO4. The molecule has 0 aliphatic carbocycles. The van der Waals surface area contributed by atoms with Crippen LogP contribution < -0.4 is 40.2 Å². The molecule has 0 atom stereocenters. The number of rotatable bonds is 3. The second-order valence-electron chi connectivity index (χ2n) is 5.17. The van der Waals surface area contributed by atoms with E-state index in [2.05, 4.69) is 20.6 Å². The molecule has 10 heteroatoms. The van der Waals surface area contributed by atoms with Crippen molar-refractivity contribution >= 4 is 46.2 Å². The first kappa shape index (κ1) is 20.8. The molecular weight excluding hydrogens is 383 g/mol. The fourth-order valence-corrected chi connectivity index (χ4v) is 2.41. The molecule has 1 heterocycles. The number of carboxylic acid groups (broad SMARTS) is 1. The van der Waals surface area contributed by atoms with Crippen molar-refractivity contribution in [3.63, 3.8) is 0 Å². The normalized spacial score (nSPS) is 9.96. The Kier molecular flexibility index (Phi) is 6.86. The van der Waals surface area contributed by atoms with Gasteiger partial charge in [0.05, 0.1) is 21.6 Å². The summed E-state index contributed by atoms with van der Waals surface area (Å²) >= 11 is 5.77. The first-order valence-electron chi connectivity index (χ1n) is 7.30. The van der Waals surface area contributed by atoms with E-state index in [0.717, 1.165) is 0 Å². The molecule has 3 rings (SSSR count). The van der Waals surface area contributed by atoms with Crippen LogP contribution in [0.3, 0.4) is 0 Å². The smallest absolute Gasteiger partial charge is 1.00 e. The fourth-order valence-electron chi connectivity index (χ4n) is 2.21. The van der Waals surface area contributed by atoms with E-state index in [0.29, 0.717) is 11.0 Å². The molecule has 3 N–H and O–H groups in total. The third-order valence-corrected chi connectivity index (χ3v) is 3.74. The summed E-state index contributed by atoms with van der Waals surface area (Å²) < 4.78 is 0. The largest absolute Gasteiger partial charge is 1.00 e. The van der Waals surface area contributed by atoms with Crippen LogP contribution in [0.2, 0.25) is 5.02 Å². The number of carboxylic acids is 1. The van der Waals surface area contributed by atoms with E-state index in [4.69, 9.17) is 16.7 Å². The zero-order valence-electron chi connectivity index (χ0n) is 15.1. The molecule has 0 spiro atoms. The van der Waals surface area contributed by atoms with Gasteiger partial charge >= 0.3 is 41.6 Å². The predicted octanol–water partition coefficient (Wildman–Crippen LogP) is 0.0598. The first-order chi connectivity index (χ1) is 12.4. The number of aromatic carboxylic acids is 1. The first-order valence-corrected chi connectivity index (χ1v) is 7.68. The summed E-state index contributed by atoms with van der Waals surface area (Å²) in [5, 5.41) is 13.6. The Labute approximate surface area is 181 Å². The van der Waals surface area contributed by atoms with Gasteiger partial charge in [-0.15, -0.1) is 0 Å². The summed E-state index contributed by atoms with van der Waals surface area (Å²) in [6.45, 7) is 0. The van der Waals surface area contributed by atoms with Crippen LogP contribution in [-0.4, -0.2) is 33.0 Å². The molecule has 1 aromatic heterocycles. The number of benzene rings is 2. The molecule has 3 aromatic rings. The number of fused-ring (bicyclic) bond motifs is 1. The number of amides is 3. The number of aromatic nitrogens is 2. The van der Waals surface area contributed by atoms with Gasteiger partial charge in [-0.2, -0.15) is 0 Å². The summed E-state index contributed by atoms with van der Waals surface area (Å²) in [6.07, 6.45) is 3.03. The molecule has 0 unspecified atom stereocenters. The van der Waals surface area contributed by atoms with Gasteiger partial charge < -0.3 is 11.8 Å². The van der Waals surface area contributed by atoms with Crippen molar-refractivity contribution in [2.75, 3.05) is 5.32 Å². The summed E-state index contributed by atoms with van der Waals surface area (Å²) in [5.74, 6) is -1.87. The van der Waals surface area contributed by atoms with Crippen LogP contribution in [0.4, 0.5) is 10.5 Å². The maximum Gasteiger partial charge on any atom is 1.00 e. The molecule has 0 aliphatic rings. The molecule has 132 valence electrons. The standard InChI is InChI=1S/C17H11ClN4O4.Na.H/c18-12-3-2-10(8-11(12)16(24)25)21-17(26)22-15(23)9-1-4-13-14(7-9)20-6-5-19-13;;/h1-8H,(H,24,25)(H2,21,22,23,26);;/q;+1;-1. The van der Waals surface area contributed by atoms with Gasteiger partial charge in [-0.3, -0.25) is 20.1 Å². The molecule has 3 amide bonds. The van der Waals surface area contributed by atoms with Crippen molar-refractivity contribution in [2.45, 2.75) is 0 Å². The van der Waals surface area contributed by atoms with E-state index in [1.165, 1.54) is 42.7 Å². The van der Waals surface area contributed by atoms with E-state index >= 15 is 0 Å². The third kappa shape index (κ3) is 5.01. The maximum atomic E-state index is 12.2. The van der Waals surface area contributed by atoms with Crippen LogP contribution in [0.5, 0.6) is 0 Å². The predicted molar refractivity (Wildman–Crippen MR) is 95.5 cm³/mol. The summed E-state index contributed by atoms with van der Waals surface area (Å²) in [7, 11) is 0. The van der Waals surface area contributed by atoms with Crippen LogP contribution in [-0.2, 0) is 0 Å². The minimum Gasteiger partial charge on any atom is -1.00 e. The topological polar surface area (TPSA) is 121 Å². The number of nitrogens with zero attached hydrogens (tertiary/aromatic N) is 2. The third-order valence-electron chi connectivity index (χ3n) is 3.41. The average Bonchev–Trinajstić information content (AvgIpc) is 2.62. The number of anilines is 1. The van der Waals surface area contributed by atoms with Crippen LogP contribution >= 0.6 is 11.6 Å². The molecule has 0 aliphatic heterocycles. The van der Waals surface area contributed by atoms with Gasteiger partial charge in [0.2, 0.25) is 0 Å². The molecule has 0 fully saturated rings. The van der Waals surface area contributed by atoms with Gasteiger partial charge in [-0.25, -0.2) is 9.59 Å². The Morgan fingerprint density at radius 3 is 2.41 bits per heavy atom. The van der Waals surface area contributed by atoms with Crippen LogP contribution in [0.25, 0.3) is 11.0 Å². The summed E-state index contributed by atoms with van der Waals surface area (Å²) in [5.41, 5.74) is 1.39. The van der Waals surface area contributed by atoms with Crippen LogP contribution in [0.15, 0.2) is 48.8 Å². The summed E-state index contributed by atoms with van der Waals surface area (Å²) in [4.78, 5) is 43.4. The van der Waals surface area contributed by atoms with Gasteiger partial charge in [-0.05, 0) is 36.4 Å². The molecule has 27 heavy (non-hydrogen) atoms. The second-order valence-corrected chi connectivity index (χ2v) is 5.58. The number of nitrogens with one attached hydrogen (secondary N) is 2. The monoisotopic (exact) mass is 394 g/mol. The Bertz CT molecular complexity index is 1050. The molecule has 0 bridgehead atoms. The number of halogens is 1. The minimum absolute atomic E-state index is 0. The van der Waals surface area contributed by atoms with E-state index < -0.39 is 17.9 Å². The minimum atomic E-state index is -1.23. The molecule has 2 aromatic carbocycles. The van der Waals surface area contributed by atoms with Crippen molar-refractivity contribution in [3.05, 3.63) is 64.9 Å². The number of urea groups is 1. The average molecular weight is 395 g/mol. The maximum absolute atomic E-state index is 12.2. The zero-order chi connectivity index (χ0) is 18.7. The fraction of sp³-hybridized carbons (Fsp3) is 0. The molecule has 0 radical (unpaired) electrons. The van der Waals surface area contributed by atoms with E-state index in [9.17, 15) is 14.4 Å². The van der Waals surface area contributed by atoms with Crippen LogP contribution in [0.1, 0.15) is 22.1 Å². The molecule has 0 saturated heterocycles. The zero-order valence-corrected chi connectivity index (χ0v) is 16.8. The van der Waals surface area contributed by atoms with Crippen molar-refractivity contribution < 1.29 is 50.5 Å². The Morgan fingerprint density at radius 1 is 1.00 bits per heavy atom. The number of imide groups is 1. The van der Waals surface area contributed by atoms with Gasteiger partial charge in [0.25, 0.3) is 5.91 Å². The Balaban J connectivity index is 0.00000196. The van der Waals surface area contributed by atoms with Gasteiger partial charge in [0.1, 0.15) is 0 Å². The number of hydrogen-bond acceptors (Lipinski definition) is 5. The number of hydrogen-bond donors (Lipinski definition) is 3. The van der Waals surface area contributed by atoms with Gasteiger partial charge in [0, 0.05) is 23.6 Å². The van der Waals surface area contributed by atoms with Crippen molar-refractivity contribution in [2.24, 2.45) is 0 Å². The Hall–Kier alpha value is -2.52. The van der Waals surface area contributed by atoms with Crippen molar-refractivity contribution in [1.82, 2.24) is 15.3 Å². The van der Waals surface area contributed by atoms with E-state index in [-0.39, 0.29) is 52.8 Å². The van der Waals surface area contributed by atoms with Crippen molar-refractivity contribution in [1.29, 1.82) is 0 Å². The summed E-state index contributed by atoms with van der Waals surface area (Å²) in [6, 6.07) is 7.79. The molecule has 0 saturated carbocycles. The number of carbonyl (C=O) groups excluding carboxylic acids is 2. The Morgan fingerprint density at radius 2 is 1.70 bits per heavy atom. The van der Waals surface area contributed by atoms with Gasteiger partial charge in [-0.1, -0.05) is 11.6 Å². The van der Waals surface area contributed by atoms with Crippen molar-refractivity contribution in [3.8, 4) is 0 Å². The second kappa shape index (κ2) is 8.92.